The van der Waals surface area contributed by atoms with Gasteiger partial charge in [0.2, 0.25) is 0 Å². The lowest BCUT2D eigenvalue weighted by atomic mass is 10.2. The normalized spacial score (nSPS) is 17.9. The minimum Gasteiger partial charge on any atom is -0.365 e. The van der Waals surface area contributed by atoms with E-state index in [0.29, 0.717) is 5.69 Å². The molecule has 0 saturated carbocycles. The molecule has 0 aromatic heterocycles. The summed E-state index contributed by atoms with van der Waals surface area (Å²) in [6.07, 6.45) is 0. The highest BCUT2D eigenvalue weighted by Crippen LogP contribution is 2.32. The fourth-order valence-electron chi connectivity index (χ4n) is 2.20. The minimum atomic E-state index is -0.590. The van der Waals surface area contributed by atoms with Crippen molar-refractivity contribution in [1.29, 1.82) is 0 Å². The van der Waals surface area contributed by atoms with Crippen LogP contribution in [0.4, 0.5) is 16.2 Å². The summed E-state index contributed by atoms with van der Waals surface area (Å²) in [5, 5.41) is 2.27. The van der Waals surface area contributed by atoms with Crippen LogP contribution < -0.4 is 10.2 Å². The number of hydrogen-bond donors (Lipinski definition) is 1. The van der Waals surface area contributed by atoms with Gasteiger partial charge in [-0.05, 0) is 83.2 Å². The molecule has 1 aliphatic heterocycles. The van der Waals surface area contributed by atoms with Crippen molar-refractivity contribution >= 4 is 56.9 Å². The Morgan fingerprint density at radius 2 is 1.86 bits per heavy atom. The third-order valence-electron chi connectivity index (χ3n) is 3.25. The van der Waals surface area contributed by atoms with E-state index >= 15 is 0 Å². The van der Waals surface area contributed by atoms with Gasteiger partial charge in [-0.2, -0.15) is 0 Å². The Bertz CT molecular complexity index is 733. The second-order valence-corrected chi connectivity index (χ2v) is 7.23. The molecule has 1 saturated heterocycles. The number of hydrogen-bond acceptors (Lipinski definition) is 4. The first-order chi connectivity index (χ1) is 10.5. The molecule has 0 spiro atoms. The lowest BCUT2D eigenvalue weighted by Gasteiger charge is -2.15. The second-order valence-electron chi connectivity index (χ2n) is 4.93. The van der Waals surface area contributed by atoms with Crippen LogP contribution in [0.1, 0.15) is 5.56 Å². The van der Waals surface area contributed by atoms with Crippen molar-refractivity contribution in [3.63, 3.8) is 0 Å². The molecule has 4 nitrogen and oxygen atoms in total. The monoisotopic (exact) mass is 424 g/mol. The van der Waals surface area contributed by atoms with E-state index in [1.54, 1.807) is 6.07 Å². The van der Waals surface area contributed by atoms with Crippen molar-refractivity contribution in [1.82, 2.24) is 0 Å². The zero-order valence-corrected chi connectivity index (χ0v) is 14.7. The molecule has 22 heavy (non-hydrogen) atoms. The molecule has 1 heterocycles. The van der Waals surface area contributed by atoms with Crippen LogP contribution in [0.5, 0.6) is 0 Å². The van der Waals surface area contributed by atoms with E-state index < -0.39 is 5.37 Å². The number of carbonyl (C=O) groups is 2. The van der Waals surface area contributed by atoms with E-state index in [1.165, 1.54) is 4.90 Å². The summed E-state index contributed by atoms with van der Waals surface area (Å²) in [5.74, 6) is -0.237. The van der Waals surface area contributed by atoms with E-state index in [1.807, 2.05) is 49.4 Å². The molecule has 2 aromatic rings. The zero-order valence-electron chi connectivity index (χ0n) is 11.7. The fourth-order valence-corrected chi connectivity index (χ4v) is 3.46. The Morgan fingerprint density at radius 3 is 2.55 bits per heavy atom. The molecule has 2 amide bonds. The Kier molecular flexibility index (Phi) is 4.39. The largest absolute Gasteiger partial charge is 0.365 e. The number of nitrogens with one attached hydrogen (secondary N) is 1. The first-order valence-corrected chi connectivity index (χ1v) is 8.64. The van der Waals surface area contributed by atoms with Gasteiger partial charge in [0.15, 0.2) is 5.37 Å². The summed E-state index contributed by atoms with van der Waals surface area (Å²) in [4.78, 5) is 25.9. The van der Waals surface area contributed by atoms with E-state index in [2.05, 4.69) is 27.9 Å². The molecule has 1 N–H and O–H groups in total. The van der Waals surface area contributed by atoms with Crippen LogP contribution >= 0.6 is 34.4 Å². The van der Waals surface area contributed by atoms with Crippen LogP contribution in [0, 0.1) is 10.5 Å². The summed E-state index contributed by atoms with van der Waals surface area (Å²) >= 11 is 3.23. The van der Waals surface area contributed by atoms with E-state index in [4.69, 9.17) is 0 Å². The summed E-state index contributed by atoms with van der Waals surface area (Å²) < 4.78 is 1.12. The summed E-state index contributed by atoms with van der Waals surface area (Å²) in [6, 6.07) is 15.1. The van der Waals surface area contributed by atoms with Crippen LogP contribution in [0.15, 0.2) is 48.5 Å². The van der Waals surface area contributed by atoms with Crippen molar-refractivity contribution in [2.75, 3.05) is 10.2 Å². The van der Waals surface area contributed by atoms with Crippen molar-refractivity contribution in [2.45, 2.75) is 12.3 Å². The standard InChI is InChI=1S/C16H13IN2O2S/c1-10-3-2-4-13(9-10)19-15(20)14(22-16(19)21)18-12-7-5-11(17)6-8-12/h2-9,14,18H,1H3. The van der Waals surface area contributed by atoms with Crippen molar-refractivity contribution in [2.24, 2.45) is 0 Å². The van der Waals surface area contributed by atoms with Crippen LogP contribution in [-0.4, -0.2) is 16.5 Å². The maximum Gasteiger partial charge on any atom is 0.295 e. The quantitative estimate of drug-likeness (QED) is 0.750. The zero-order chi connectivity index (χ0) is 15.7. The third-order valence-corrected chi connectivity index (χ3v) is 4.91. The van der Waals surface area contributed by atoms with Gasteiger partial charge in [0, 0.05) is 9.26 Å². The van der Waals surface area contributed by atoms with Gasteiger partial charge >= 0.3 is 0 Å². The van der Waals surface area contributed by atoms with Gasteiger partial charge < -0.3 is 5.32 Å². The Balaban J connectivity index is 1.81. The van der Waals surface area contributed by atoms with Gasteiger partial charge in [0.25, 0.3) is 11.1 Å². The van der Waals surface area contributed by atoms with Crippen LogP contribution in [0.2, 0.25) is 0 Å². The number of amides is 2. The first-order valence-electron chi connectivity index (χ1n) is 6.68. The topological polar surface area (TPSA) is 49.4 Å². The molecular weight excluding hydrogens is 411 g/mol. The molecule has 1 fully saturated rings. The Labute approximate surface area is 146 Å². The lowest BCUT2D eigenvalue weighted by Crippen LogP contribution is -2.34. The highest BCUT2D eigenvalue weighted by Gasteiger charge is 2.40. The third kappa shape index (κ3) is 3.12. The van der Waals surface area contributed by atoms with E-state index in [9.17, 15) is 9.59 Å². The lowest BCUT2D eigenvalue weighted by molar-refractivity contribution is -0.116. The predicted octanol–water partition coefficient (Wildman–Crippen LogP) is 4.24. The van der Waals surface area contributed by atoms with Gasteiger partial charge in [0.05, 0.1) is 5.69 Å². The predicted molar refractivity (Wildman–Crippen MR) is 98.2 cm³/mol. The Hall–Kier alpha value is -1.54. The molecule has 1 atom stereocenters. The summed E-state index contributed by atoms with van der Waals surface area (Å²) in [7, 11) is 0. The number of rotatable bonds is 3. The molecule has 2 aromatic carbocycles. The van der Waals surface area contributed by atoms with Crippen LogP contribution in [-0.2, 0) is 4.79 Å². The molecule has 1 unspecified atom stereocenters. The number of anilines is 2. The van der Waals surface area contributed by atoms with Crippen molar-refractivity contribution in [3.8, 4) is 0 Å². The van der Waals surface area contributed by atoms with E-state index in [0.717, 1.165) is 26.6 Å². The number of thioether (sulfide) groups is 1. The smallest absolute Gasteiger partial charge is 0.295 e. The maximum atomic E-state index is 12.5. The molecule has 1 aliphatic rings. The first kappa shape index (κ1) is 15.4. The number of benzene rings is 2. The van der Waals surface area contributed by atoms with Gasteiger partial charge in [-0.3, -0.25) is 9.59 Å². The highest BCUT2D eigenvalue weighted by molar-refractivity contribution is 14.1. The second kappa shape index (κ2) is 6.29. The number of aryl methyl sites for hydroxylation is 1. The maximum absolute atomic E-state index is 12.5. The SMILES string of the molecule is Cc1cccc(N2C(=O)SC(Nc3ccc(I)cc3)C2=O)c1. The van der Waals surface area contributed by atoms with Crippen LogP contribution in [0.3, 0.4) is 0 Å². The number of halogens is 1. The number of nitrogens with zero attached hydrogens (tertiary/aromatic N) is 1. The molecule has 0 bridgehead atoms. The van der Waals surface area contributed by atoms with Gasteiger partial charge in [-0.25, -0.2) is 4.90 Å². The number of imide groups is 1. The van der Waals surface area contributed by atoms with Gasteiger partial charge in [-0.15, -0.1) is 0 Å². The summed E-state index contributed by atoms with van der Waals surface area (Å²) in [6.45, 7) is 1.93. The van der Waals surface area contributed by atoms with Gasteiger partial charge in [0.1, 0.15) is 0 Å². The van der Waals surface area contributed by atoms with Gasteiger partial charge in [-0.1, -0.05) is 12.1 Å². The average molecular weight is 424 g/mol. The van der Waals surface area contributed by atoms with Crippen LogP contribution in [0.25, 0.3) is 0 Å². The Morgan fingerprint density at radius 1 is 1.14 bits per heavy atom. The molecule has 3 rings (SSSR count). The highest BCUT2D eigenvalue weighted by atomic mass is 127. The molecular formula is C16H13IN2O2S. The fraction of sp³-hybridized carbons (Fsp3) is 0.125. The number of carbonyl (C=O) groups excluding carboxylic acids is 2. The van der Waals surface area contributed by atoms with E-state index in [-0.39, 0.29) is 11.1 Å². The molecule has 112 valence electrons. The minimum absolute atomic E-state index is 0.237. The van der Waals surface area contributed by atoms with Crippen molar-refractivity contribution < 1.29 is 9.59 Å². The average Bonchev–Trinajstić information content (AvgIpc) is 2.76. The molecule has 6 heteroatoms. The summed E-state index contributed by atoms with van der Waals surface area (Å²) in [5.41, 5.74) is 2.46. The molecule has 0 aliphatic carbocycles. The molecule has 0 radical (unpaired) electrons. The van der Waals surface area contributed by atoms with Crippen molar-refractivity contribution in [3.05, 3.63) is 57.7 Å².